The highest BCUT2D eigenvalue weighted by atomic mass is 16.5. The molecule has 0 unspecified atom stereocenters. The van der Waals surface area contributed by atoms with E-state index < -0.39 is 0 Å². The molecule has 2 aromatic carbocycles. The number of benzene rings is 2. The van der Waals surface area contributed by atoms with E-state index in [-0.39, 0.29) is 5.97 Å². The molecule has 0 aromatic heterocycles. The summed E-state index contributed by atoms with van der Waals surface area (Å²) < 4.78 is 15.2. The second-order valence-electron chi connectivity index (χ2n) is 4.55. The molecule has 0 amide bonds. The van der Waals surface area contributed by atoms with Crippen LogP contribution < -0.4 is 9.47 Å². The molecule has 0 N–H and O–H groups in total. The maximum absolute atomic E-state index is 11.4. The zero-order valence-electron chi connectivity index (χ0n) is 12.8. The molecule has 0 radical (unpaired) electrons. The molecule has 0 atom stereocenters. The predicted molar refractivity (Wildman–Crippen MR) is 86.3 cm³/mol. The predicted octanol–water partition coefficient (Wildman–Crippen LogP) is 3.66. The fourth-order valence-corrected chi connectivity index (χ4v) is 1.99. The zero-order chi connectivity index (χ0) is 15.9. The average molecular weight is 298 g/mol. The Kier molecular flexibility index (Phi) is 5.20. The van der Waals surface area contributed by atoms with Gasteiger partial charge in [-0.15, -0.1) is 0 Å². The van der Waals surface area contributed by atoms with E-state index in [0.717, 1.165) is 22.6 Å². The molecule has 2 rings (SSSR count). The average Bonchev–Trinajstić information content (AvgIpc) is 2.59. The fraction of sp³-hybridized carbons (Fsp3) is 0.167. The van der Waals surface area contributed by atoms with E-state index in [0.29, 0.717) is 5.56 Å². The lowest BCUT2D eigenvalue weighted by Crippen LogP contribution is -2.00. The van der Waals surface area contributed by atoms with E-state index in [1.165, 1.54) is 7.11 Å². The van der Waals surface area contributed by atoms with Crippen molar-refractivity contribution < 1.29 is 19.0 Å². The van der Waals surface area contributed by atoms with Crippen LogP contribution in [0, 0.1) is 0 Å². The van der Waals surface area contributed by atoms with E-state index in [4.69, 9.17) is 9.47 Å². The second-order valence-corrected chi connectivity index (χ2v) is 4.55. The third-order valence-electron chi connectivity index (χ3n) is 3.23. The molecule has 0 spiro atoms. The number of carbonyl (C=O) groups is 1. The lowest BCUT2D eigenvalue weighted by molar-refractivity contribution is 0.0600. The van der Waals surface area contributed by atoms with Crippen LogP contribution in [0.3, 0.4) is 0 Å². The smallest absolute Gasteiger partial charge is 0.337 e. The highest BCUT2D eigenvalue weighted by Crippen LogP contribution is 2.26. The van der Waals surface area contributed by atoms with Crippen molar-refractivity contribution in [1.29, 1.82) is 0 Å². The molecule has 4 heteroatoms. The van der Waals surface area contributed by atoms with Crippen LogP contribution in [0.15, 0.2) is 42.5 Å². The normalized spacial score (nSPS) is 10.5. The van der Waals surface area contributed by atoms with Gasteiger partial charge in [-0.1, -0.05) is 24.3 Å². The summed E-state index contributed by atoms with van der Waals surface area (Å²) in [5, 5.41) is 0. The molecule has 0 heterocycles. The third kappa shape index (κ3) is 3.67. The van der Waals surface area contributed by atoms with Gasteiger partial charge in [-0.05, 0) is 29.8 Å². The van der Waals surface area contributed by atoms with Crippen LogP contribution >= 0.6 is 0 Å². The van der Waals surface area contributed by atoms with Crippen LogP contribution in [0.4, 0.5) is 0 Å². The maximum atomic E-state index is 11.4. The van der Waals surface area contributed by atoms with Crippen LogP contribution in [0.2, 0.25) is 0 Å². The van der Waals surface area contributed by atoms with E-state index in [1.54, 1.807) is 26.4 Å². The van der Waals surface area contributed by atoms with Gasteiger partial charge in [-0.2, -0.15) is 0 Å². The number of hydrogen-bond acceptors (Lipinski definition) is 4. The molecule has 0 bridgehead atoms. The molecule has 2 aromatic rings. The number of ether oxygens (including phenoxy) is 3. The van der Waals surface area contributed by atoms with Gasteiger partial charge in [0.1, 0.15) is 11.5 Å². The van der Waals surface area contributed by atoms with Crippen LogP contribution in [0.1, 0.15) is 21.5 Å². The summed E-state index contributed by atoms with van der Waals surface area (Å²) >= 11 is 0. The highest BCUT2D eigenvalue weighted by molar-refractivity contribution is 5.89. The molecule has 0 aliphatic rings. The van der Waals surface area contributed by atoms with Gasteiger partial charge < -0.3 is 14.2 Å². The summed E-state index contributed by atoms with van der Waals surface area (Å²) in [7, 11) is 4.61. The molecule has 0 saturated carbocycles. The molecule has 0 fully saturated rings. The summed E-state index contributed by atoms with van der Waals surface area (Å²) in [6.45, 7) is 0. The van der Waals surface area contributed by atoms with Crippen molar-refractivity contribution in [2.24, 2.45) is 0 Å². The van der Waals surface area contributed by atoms with Crippen molar-refractivity contribution in [2.75, 3.05) is 21.3 Å². The van der Waals surface area contributed by atoms with E-state index >= 15 is 0 Å². The van der Waals surface area contributed by atoms with Gasteiger partial charge >= 0.3 is 5.97 Å². The molecule has 22 heavy (non-hydrogen) atoms. The Balaban J connectivity index is 2.19. The van der Waals surface area contributed by atoms with Crippen LogP contribution in [0.5, 0.6) is 11.5 Å². The van der Waals surface area contributed by atoms with Crippen LogP contribution in [0.25, 0.3) is 12.2 Å². The minimum absolute atomic E-state index is 0.340. The minimum Gasteiger partial charge on any atom is -0.497 e. The van der Waals surface area contributed by atoms with Gasteiger partial charge in [0.25, 0.3) is 0 Å². The van der Waals surface area contributed by atoms with Gasteiger partial charge in [-0.25, -0.2) is 4.79 Å². The first-order valence-corrected chi connectivity index (χ1v) is 6.76. The maximum Gasteiger partial charge on any atom is 0.337 e. The minimum atomic E-state index is -0.340. The summed E-state index contributed by atoms with van der Waals surface area (Å²) in [6.07, 6.45) is 3.90. The Labute approximate surface area is 129 Å². The van der Waals surface area contributed by atoms with Gasteiger partial charge in [-0.3, -0.25) is 0 Å². The van der Waals surface area contributed by atoms with Crippen molar-refractivity contribution in [3.8, 4) is 11.5 Å². The summed E-state index contributed by atoms with van der Waals surface area (Å²) in [5.74, 6) is 1.14. The number of esters is 1. The molecule has 114 valence electrons. The van der Waals surface area contributed by atoms with E-state index in [9.17, 15) is 4.79 Å². The van der Waals surface area contributed by atoms with Crippen molar-refractivity contribution in [2.45, 2.75) is 0 Å². The molecule has 0 saturated heterocycles. The molecule has 0 aliphatic heterocycles. The summed E-state index contributed by atoms with van der Waals surface area (Å²) in [4.78, 5) is 11.4. The number of methoxy groups -OCH3 is 3. The Morgan fingerprint density at radius 2 is 1.64 bits per heavy atom. The standard InChI is InChI=1S/C18H18O4/c1-20-16-11-10-14(17(12-16)21-2)7-4-13-5-8-15(9-6-13)18(19)22-3/h4-12H,1-3H3/b7-4+. The largest absolute Gasteiger partial charge is 0.497 e. The first kappa shape index (κ1) is 15.6. The van der Waals surface area contributed by atoms with Crippen molar-refractivity contribution in [3.63, 3.8) is 0 Å². The van der Waals surface area contributed by atoms with Crippen LogP contribution in [-0.4, -0.2) is 27.3 Å². The molecule has 4 nitrogen and oxygen atoms in total. The van der Waals surface area contributed by atoms with Gasteiger partial charge in [0.05, 0.1) is 26.9 Å². The Morgan fingerprint density at radius 1 is 0.909 bits per heavy atom. The Hall–Kier alpha value is -2.75. The topological polar surface area (TPSA) is 44.8 Å². The van der Waals surface area contributed by atoms with Crippen LogP contribution in [-0.2, 0) is 4.74 Å². The monoisotopic (exact) mass is 298 g/mol. The lowest BCUT2D eigenvalue weighted by atomic mass is 10.1. The van der Waals surface area contributed by atoms with Crippen molar-refractivity contribution >= 4 is 18.1 Å². The third-order valence-corrected chi connectivity index (χ3v) is 3.23. The number of rotatable bonds is 5. The molecular weight excluding hydrogens is 280 g/mol. The van der Waals surface area contributed by atoms with E-state index in [1.807, 2.05) is 42.5 Å². The van der Waals surface area contributed by atoms with Gasteiger partial charge in [0.2, 0.25) is 0 Å². The zero-order valence-corrected chi connectivity index (χ0v) is 12.8. The van der Waals surface area contributed by atoms with E-state index in [2.05, 4.69) is 4.74 Å². The van der Waals surface area contributed by atoms with Gasteiger partial charge in [0.15, 0.2) is 0 Å². The first-order valence-electron chi connectivity index (χ1n) is 6.76. The number of carbonyl (C=O) groups excluding carboxylic acids is 1. The first-order chi connectivity index (χ1) is 10.7. The Bertz CT molecular complexity index is 672. The molecular formula is C18H18O4. The molecule has 0 aliphatic carbocycles. The highest BCUT2D eigenvalue weighted by Gasteiger charge is 2.04. The van der Waals surface area contributed by atoms with Crippen molar-refractivity contribution in [1.82, 2.24) is 0 Å². The number of hydrogen-bond donors (Lipinski definition) is 0. The second kappa shape index (κ2) is 7.31. The fourth-order valence-electron chi connectivity index (χ4n) is 1.99. The quantitative estimate of drug-likeness (QED) is 0.624. The van der Waals surface area contributed by atoms with Gasteiger partial charge in [0, 0.05) is 11.6 Å². The summed E-state index contributed by atoms with van der Waals surface area (Å²) in [5.41, 5.74) is 2.45. The van der Waals surface area contributed by atoms with Crippen molar-refractivity contribution in [3.05, 3.63) is 59.2 Å². The SMILES string of the molecule is COC(=O)c1ccc(/C=C/c2ccc(OC)cc2OC)cc1. The lowest BCUT2D eigenvalue weighted by Gasteiger charge is -2.07. The Morgan fingerprint density at radius 3 is 2.23 bits per heavy atom. The summed E-state index contributed by atoms with van der Waals surface area (Å²) in [6, 6.07) is 12.8.